The van der Waals surface area contributed by atoms with Crippen molar-refractivity contribution in [3.05, 3.63) is 41.5 Å². The molecular weight excluding hydrogens is 232 g/mol. The summed E-state index contributed by atoms with van der Waals surface area (Å²) in [6.07, 6.45) is 2.19. The van der Waals surface area contributed by atoms with E-state index in [-0.39, 0.29) is 0 Å². The van der Waals surface area contributed by atoms with Crippen molar-refractivity contribution in [1.29, 1.82) is 0 Å². The molecule has 1 aromatic carbocycles. The summed E-state index contributed by atoms with van der Waals surface area (Å²) in [6.45, 7) is 0. The van der Waals surface area contributed by atoms with E-state index < -0.39 is 17.4 Å². The maximum atomic E-state index is 11.7. The van der Waals surface area contributed by atoms with Crippen molar-refractivity contribution in [3.8, 4) is 0 Å². The smallest absolute Gasteiger partial charge is 0.327 e. The summed E-state index contributed by atoms with van der Waals surface area (Å²) >= 11 is 0. The number of ether oxygens (including phenoxy) is 2. The highest BCUT2D eigenvalue weighted by Gasteiger charge is 2.64. The van der Waals surface area contributed by atoms with Crippen LogP contribution in [0.25, 0.3) is 6.08 Å². The molecule has 1 saturated carbocycles. The van der Waals surface area contributed by atoms with Gasteiger partial charge in [-0.05, 0) is 11.1 Å². The van der Waals surface area contributed by atoms with E-state index in [1.807, 2.05) is 36.4 Å². The zero-order valence-corrected chi connectivity index (χ0v) is 10.3. The van der Waals surface area contributed by atoms with Gasteiger partial charge in [-0.25, -0.2) is 0 Å². The lowest BCUT2D eigenvalue weighted by Gasteiger charge is -2.09. The van der Waals surface area contributed by atoms with Crippen LogP contribution in [0.2, 0.25) is 0 Å². The van der Waals surface area contributed by atoms with Crippen molar-refractivity contribution < 1.29 is 19.1 Å². The first-order chi connectivity index (χ1) is 8.65. The maximum absolute atomic E-state index is 11.7. The van der Waals surface area contributed by atoms with Crippen LogP contribution in [0.5, 0.6) is 0 Å². The summed E-state index contributed by atoms with van der Waals surface area (Å²) in [7, 11) is 2.54. The van der Waals surface area contributed by atoms with Crippen molar-refractivity contribution in [3.63, 3.8) is 0 Å². The molecule has 0 spiro atoms. The summed E-state index contributed by atoms with van der Waals surface area (Å²) < 4.78 is 9.38. The number of carbonyl (C=O) groups excluding carboxylic acids is 2. The van der Waals surface area contributed by atoms with Gasteiger partial charge in [-0.3, -0.25) is 9.59 Å². The molecule has 1 fully saturated rings. The SMILES string of the molecule is COC(=O)C1(C(=O)OC)C/C1=C/c1ccccc1. The van der Waals surface area contributed by atoms with E-state index in [1.165, 1.54) is 14.2 Å². The molecular formula is C14H14O4. The quantitative estimate of drug-likeness (QED) is 0.603. The monoisotopic (exact) mass is 246 g/mol. The van der Waals surface area contributed by atoms with Crippen LogP contribution in [0.15, 0.2) is 35.9 Å². The van der Waals surface area contributed by atoms with Gasteiger partial charge in [0.05, 0.1) is 14.2 Å². The molecule has 4 heteroatoms. The molecule has 1 aliphatic carbocycles. The number of esters is 2. The summed E-state index contributed by atoms with van der Waals surface area (Å²) in [5, 5.41) is 0. The minimum atomic E-state index is -1.22. The molecule has 0 unspecified atom stereocenters. The van der Waals surface area contributed by atoms with Crippen LogP contribution in [-0.2, 0) is 19.1 Å². The molecule has 0 saturated heterocycles. The Morgan fingerprint density at radius 3 is 2.17 bits per heavy atom. The van der Waals surface area contributed by atoms with E-state index in [9.17, 15) is 9.59 Å². The Balaban J connectivity index is 2.31. The highest BCUT2D eigenvalue weighted by Crippen LogP contribution is 2.54. The molecule has 0 N–H and O–H groups in total. The number of hydrogen-bond acceptors (Lipinski definition) is 4. The number of carbonyl (C=O) groups is 2. The van der Waals surface area contributed by atoms with Gasteiger partial charge in [-0.1, -0.05) is 36.4 Å². The van der Waals surface area contributed by atoms with Crippen LogP contribution >= 0.6 is 0 Å². The standard InChI is InChI=1S/C14H14O4/c1-17-12(15)14(13(16)18-2)9-11(14)8-10-6-4-3-5-7-10/h3-8H,9H2,1-2H3/b11-8-. The van der Waals surface area contributed by atoms with Crippen LogP contribution in [-0.4, -0.2) is 26.2 Å². The zero-order valence-electron chi connectivity index (χ0n) is 10.3. The summed E-state index contributed by atoms with van der Waals surface area (Å²) in [5.41, 5.74) is 0.453. The molecule has 0 amide bonds. The van der Waals surface area contributed by atoms with E-state index in [2.05, 4.69) is 9.47 Å². The second kappa shape index (κ2) is 4.64. The molecule has 1 aliphatic rings. The van der Waals surface area contributed by atoms with Crippen molar-refractivity contribution in [2.45, 2.75) is 6.42 Å². The van der Waals surface area contributed by atoms with Crippen molar-refractivity contribution in [1.82, 2.24) is 0 Å². The molecule has 0 heterocycles. The van der Waals surface area contributed by atoms with Crippen molar-refractivity contribution >= 4 is 18.0 Å². The zero-order chi connectivity index (χ0) is 13.2. The third-order valence-corrected chi connectivity index (χ3v) is 3.09. The molecule has 0 radical (unpaired) electrons. The van der Waals surface area contributed by atoms with Crippen LogP contribution in [0.4, 0.5) is 0 Å². The fourth-order valence-electron chi connectivity index (χ4n) is 2.00. The third-order valence-electron chi connectivity index (χ3n) is 3.09. The van der Waals surface area contributed by atoms with Crippen LogP contribution in [0, 0.1) is 5.41 Å². The van der Waals surface area contributed by atoms with E-state index in [0.717, 1.165) is 11.1 Å². The Bertz CT molecular complexity index is 486. The molecule has 0 atom stereocenters. The van der Waals surface area contributed by atoms with Crippen molar-refractivity contribution in [2.75, 3.05) is 14.2 Å². The summed E-state index contributed by atoms with van der Waals surface area (Å²) in [6, 6.07) is 9.51. The van der Waals surface area contributed by atoms with Crippen LogP contribution in [0.3, 0.4) is 0 Å². The number of rotatable bonds is 3. The van der Waals surface area contributed by atoms with Crippen molar-refractivity contribution in [2.24, 2.45) is 5.41 Å². The molecule has 94 valence electrons. The molecule has 0 bridgehead atoms. The Hall–Kier alpha value is -2.10. The largest absolute Gasteiger partial charge is 0.468 e. The lowest BCUT2D eigenvalue weighted by Crippen LogP contribution is -2.28. The lowest BCUT2D eigenvalue weighted by molar-refractivity contribution is -0.160. The number of benzene rings is 1. The predicted molar refractivity (Wildman–Crippen MR) is 65.5 cm³/mol. The molecule has 2 rings (SSSR count). The van der Waals surface area contributed by atoms with Gasteiger partial charge in [0.15, 0.2) is 5.41 Å². The van der Waals surface area contributed by atoms with E-state index in [4.69, 9.17) is 0 Å². The Morgan fingerprint density at radius 1 is 1.11 bits per heavy atom. The highest BCUT2D eigenvalue weighted by molar-refractivity contribution is 6.10. The van der Waals surface area contributed by atoms with E-state index >= 15 is 0 Å². The predicted octanol–water partition coefficient (Wildman–Crippen LogP) is 1.81. The molecule has 0 aliphatic heterocycles. The first-order valence-electron chi connectivity index (χ1n) is 5.58. The number of methoxy groups -OCH3 is 2. The van der Waals surface area contributed by atoms with E-state index in [1.54, 1.807) is 0 Å². The normalized spacial score (nSPS) is 18.2. The fraction of sp³-hybridized carbons (Fsp3) is 0.286. The Labute approximate surface area is 105 Å². The second-order valence-electron chi connectivity index (χ2n) is 4.15. The third kappa shape index (κ3) is 1.90. The van der Waals surface area contributed by atoms with Gasteiger partial charge in [-0.15, -0.1) is 0 Å². The van der Waals surface area contributed by atoms with Gasteiger partial charge in [0.25, 0.3) is 0 Å². The first kappa shape index (κ1) is 12.4. The van der Waals surface area contributed by atoms with Gasteiger partial charge >= 0.3 is 11.9 Å². The average molecular weight is 246 g/mol. The second-order valence-corrected chi connectivity index (χ2v) is 4.15. The molecule has 0 aromatic heterocycles. The maximum Gasteiger partial charge on any atom is 0.327 e. The topological polar surface area (TPSA) is 52.6 Å². The Morgan fingerprint density at radius 2 is 1.67 bits per heavy atom. The Kier molecular flexibility index (Phi) is 3.19. The van der Waals surface area contributed by atoms with Gasteiger partial charge < -0.3 is 9.47 Å². The highest BCUT2D eigenvalue weighted by atomic mass is 16.5. The fourth-order valence-corrected chi connectivity index (χ4v) is 2.00. The molecule has 18 heavy (non-hydrogen) atoms. The van der Waals surface area contributed by atoms with E-state index in [0.29, 0.717) is 6.42 Å². The molecule has 1 aromatic rings. The minimum Gasteiger partial charge on any atom is -0.468 e. The molecule has 4 nitrogen and oxygen atoms in total. The minimum absolute atomic E-state index is 0.362. The lowest BCUT2D eigenvalue weighted by atomic mass is 10.1. The van der Waals surface area contributed by atoms with Crippen LogP contribution < -0.4 is 0 Å². The van der Waals surface area contributed by atoms with Gasteiger partial charge in [0, 0.05) is 6.42 Å². The first-order valence-corrected chi connectivity index (χ1v) is 5.58. The van der Waals surface area contributed by atoms with Gasteiger partial charge in [0.2, 0.25) is 0 Å². The number of hydrogen-bond donors (Lipinski definition) is 0. The van der Waals surface area contributed by atoms with Gasteiger partial charge in [0.1, 0.15) is 0 Å². The average Bonchev–Trinajstić information content (AvgIpc) is 3.13. The summed E-state index contributed by atoms with van der Waals surface area (Å²) in [5.74, 6) is -1.12. The van der Waals surface area contributed by atoms with Gasteiger partial charge in [-0.2, -0.15) is 0 Å². The van der Waals surface area contributed by atoms with Crippen LogP contribution in [0.1, 0.15) is 12.0 Å². The summed E-state index contributed by atoms with van der Waals surface area (Å²) in [4.78, 5) is 23.5.